The van der Waals surface area contributed by atoms with Crippen molar-refractivity contribution in [3.63, 3.8) is 0 Å². The lowest BCUT2D eigenvalue weighted by Gasteiger charge is -2.23. The second-order valence-corrected chi connectivity index (χ2v) is 4.30. The number of amides is 1. The number of aromatic amines is 1. The van der Waals surface area contributed by atoms with Crippen molar-refractivity contribution < 1.29 is 18.0 Å². The quantitative estimate of drug-likeness (QED) is 0.699. The molecule has 2 unspecified atom stereocenters. The molecular formula is C9H8F3N3O. The van der Waals surface area contributed by atoms with Crippen molar-refractivity contribution in [2.45, 2.75) is 18.0 Å². The number of hydrogen-bond acceptors (Lipinski definition) is 2. The van der Waals surface area contributed by atoms with Gasteiger partial charge in [-0.25, -0.2) is 0 Å². The average Bonchev–Trinajstić information content (AvgIpc) is 2.70. The summed E-state index contributed by atoms with van der Waals surface area (Å²) in [6, 6.07) is 0. The molecule has 1 saturated carbocycles. The average molecular weight is 231 g/mol. The van der Waals surface area contributed by atoms with Crippen LogP contribution in [-0.4, -0.2) is 28.8 Å². The minimum absolute atomic E-state index is 0.0311. The molecule has 16 heavy (non-hydrogen) atoms. The number of fused-ring (bicyclic) bond motifs is 2. The third kappa shape index (κ3) is 1.05. The zero-order chi connectivity index (χ0) is 11.6. The Kier molecular flexibility index (Phi) is 1.56. The van der Waals surface area contributed by atoms with Crippen molar-refractivity contribution in [3.8, 4) is 0 Å². The molecule has 1 fully saturated rings. The Labute approximate surface area is 88.2 Å². The van der Waals surface area contributed by atoms with E-state index < -0.39 is 17.5 Å². The van der Waals surface area contributed by atoms with Gasteiger partial charge in [0, 0.05) is 17.5 Å². The molecule has 1 aliphatic heterocycles. The van der Waals surface area contributed by atoms with Gasteiger partial charge in [-0.3, -0.25) is 9.89 Å². The van der Waals surface area contributed by atoms with Crippen molar-refractivity contribution >= 4 is 5.91 Å². The van der Waals surface area contributed by atoms with Crippen LogP contribution in [-0.2, 0) is 5.41 Å². The van der Waals surface area contributed by atoms with Crippen LogP contribution in [0, 0.1) is 5.92 Å². The van der Waals surface area contributed by atoms with Crippen molar-refractivity contribution in [1.82, 2.24) is 15.5 Å². The molecule has 1 aromatic heterocycles. The zero-order valence-electron chi connectivity index (χ0n) is 8.06. The van der Waals surface area contributed by atoms with E-state index in [2.05, 4.69) is 15.5 Å². The number of carbonyl (C=O) groups is 1. The molecule has 3 rings (SSSR count). The Morgan fingerprint density at radius 2 is 2.25 bits per heavy atom. The topological polar surface area (TPSA) is 57.8 Å². The van der Waals surface area contributed by atoms with Crippen LogP contribution in [0.1, 0.15) is 22.5 Å². The van der Waals surface area contributed by atoms with E-state index in [1.54, 1.807) is 0 Å². The monoisotopic (exact) mass is 231 g/mol. The summed E-state index contributed by atoms with van der Waals surface area (Å²) in [7, 11) is 0. The summed E-state index contributed by atoms with van der Waals surface area (Å²) in [6.07, 6.45) is -2.85. The molecular weight excluding hydrogens is 223 g/mol. The maximum Gasteiger partial charge on any atom is 0.392 e. The minimum Gasteiger partial charge on any atom is -0.350 e. The highest BCUT2D eigenvalue weighted by atomic mass is 19.4. The standard InChI is InChI=1S/C9H8F3N3O/c10-9(11,12)5-1-8(5)3-13-7(16)6-4(8)2-14-15-6/h2,5H,1,3H2,(H,13,16)(H,14,15). The van der Waals surface area contributed by atoms with E-state index in [0.717, 1.165) is 0 Å². The Morgan fingerprint density at radius 3 is 2.88 bits per heavy atom. The van der Waals surface area contributed by atoms with Gasteiger partial charge in [-0.05, 0) is 6.42 Å². The number of carbonyl (C=O) groups excluding carboxylic acids is 1. The summed E-state index contributed by atoms with van der Waals surface area (Å²) in [5, 5.41) is 8.57. The van der Waals surface area contributed by atoms with E-state index in [1.807, 2.05) is 0 Å². The van der Waals surface area contributed by atoms with Gasteiger partial charge < -0.3 is 5.32 Å². The van der Waals surface area contributed by atoms with Gasteiger partial charge in [-0.2, -0.15) is 18.3 Å². The van der Waals surface area contributed by atoms with E-state index in [-0.39, 0.29) is 24.6 Å². The second kappa shape index (κ2) is 2.58. The van der Waals surface area contributed by atoms with Gasteiger partial charge in [0.05, 0.1) is 12.1 Å². The number of hydrogen-bond donors (Lipinski definition) is 2. The molecule has 4 nitrogen and oxygen atoms in total. The number of H-pyrrole nitrogens is 1. The minimum atomic E-state index is -4.21. The first-order chi connectivity index (χ1) is 7.45. The fourth-order valence-corrected chi connectivity index (χ4v) is 2.49. The highest BCUT2D eigenvalue weighted by Gasteiger charge is 2.69. The van der Waals surface area contributed by atoms with Gasteiger partial charge in [-0.1, -0.05) is 0 Å². The molecule has 2 atom stereocenters. The van der Waals surface area contributed by atoms with Crippen LogP contribution in [0.4, 0.5) is 13.2 Å². The number of aromatic nitrogens is 2. The van der Waals surface area contributed by atoms with Crippen molar-refractivity contribution in [2.24, 2.45) is 5.92 Å². The Balaban J connectivity index is 2.03. The summed E-state index contributed by atoms with van der Waals surface area (Å²) in [5.74, 6) is -1.75. The molecule has 1 spiro atoms. The van der Waals surface area contributed by atoms with E-state index in [9.17, 15) is 18.0 Å². The number of halogens is 3. The molecule has 0 saturated heterocycles. The Morgan fingerprint density at radius 1 is 1.50 bits per heavy atom. The Bertz CT molecular complexity index is 467. The van der Waals surface area contributed by atoms with Gasteiger partial charge in [0.25, 0.3) is 5.91 Å². The summed E-state index contributed by atoms with van der Waals surface area (Å²) in [5.41, 5.74) is -0.411. The molecule has 0 aromatic carbocycles. The third-order valence-corrected chi connectivity index (χ3v) is 3.44. The van der Waals surface area contributed by atoms with Crippen LogP contribution in [0.25, 0.3) is 0 Å². The van der Waals surface area contributed by atoms with Crippen molar-refractivity contribution in [3.05, 3.63) is 17.5 Å². The first kappa shape index (κ1) is 9.68. The summed E-state index contributed by atoms with van der Waals surface area (Å²) < 4.78 is 37.9. The van der Waals surface area contributed by atoms with Crippen LogP contribution in [0.5, 0.6) is 0 Å². The fourth-order valence-electron chi connectivity index (χ4n) is 2.49. The number of alkyl halides is 3. The van der Waals surface area contributed by atoms with Gasteiger partial charge >= 0.3 is 6.18 Å². The predicted molar refractivity (Wildman–Crippen MR) is 46.8 cm³/mol. The van der Waals surface area contributed by atoms with E-state index in [4.69, 9.17) is 0 Å². The summed E-state index contributed by atoms with van der Waals surface area (Å²) in [4.78, 5) is 11.4. The molecule has 1 aromatic rings. The first-order valence-corrected chi connectivity index (χ1v) is 4.84. The predicted octanol–water partition coefficient (Wildman–Crippen LogP) is 0.973. The third-order valence-electron chi connectivity index (χ3n) is 3.44. The maximum atomic E-state index is 12.6. The molecule has 0 radical (unpaired) electrons. The highest BCUT2D eigenvalue weighted by Crippen LogP contribution is 2.62. The Hall–Kier alpha value is -1.53. The van der Waals surface area contributed by atoms with Crippen LogP contribution < -0.4 is 5.32 Å². The van der Waals surface area contributed by atoms with Gasteiger partial charge in [0.15, 0.2) is 0 Å². The van der Waals surface area contributed by atoms with Gasteiger partial charge in [0.1, 0.15) is 5.69 Å². The number of rotatable bonds is 0. The van der Waals surface area contributed by atoms with Gasteiger partial charge in [-0.15, -0.1) is 0 Å². The van der Waals surface area contributed by atoms with E-state index >= 15 is 0 Å². The molecule has 0 bridgehead atoms. The lowest BCUT2D eigenvalue weighted by Crippen LogP contribution is -2.41. The summed E-state index contributed by atoms with van der Waals surface area (Å²) >= 11 is 0. The van der Waals surface area contributed by atoms with Crippen LogP contribution >= 0.6 is 0 Å². The lowest BCUT2D eigenvalue weighted by atomic mass is 9.90. The van der Waals surface area contributed by atoms with Crippen molar-refractivity contribution in [1.29, 1.82) is 0 Å². The number of nitrogens with zero attached hydrogens (tertiary/aromatic N) is 1. The van der Waals surface area contributed by atoms with Crippen molar-refractivity contribution in [2.75, 3.05) is 6.54 Å². The lowest BCUT2D eigenvalue weighted by molar-refractivity contribution is -0.152. The molecule has 1 aliphatic carbocycles. The van der Waals surface area contributed by atoms with Gasteiger partial charge in [0.2, 0.25) is 0 Å². The smallest absolute Gasteiger partial charge is 0.350 e. The largest absolute Gasteiger partial charge is 0.392 e. The molecule has 86 valence electrons. The SMILES string of the molecule is O=C1NCC2(CC2C(F)(F)F)c2cn[nH]c21. The molecule has 7 heteroatoms. The van der Waals surface area contributed by atoms with Crippen LogP contribution in [0.15, 0.2) is 6.20 Å². The molecule has 2 aliphatic rings. The number of nitrogens with one attached hydrogen (secondary N) is 2. The molecule has 1 amide bonds. The molecule has 2 N–H and O–H groups in total. The second-order valence-electron chi connectivity index (χ2n) is 4.30. The van der Waals surface area contributed by atoms with Crippen LogP contribution in [0.2, 0.25) is 0 Å². The zero-order valence-corrected chi connectivity index (χ0v) is 8.06. The summed E-state index contributed by atoms with van der Waals surface area (Å²) in [6.45, 7) is 0.0442. The molecule has 2 heterocycles. The first-order valence-electron chi connectivity index (χ1n) is 4.84. The van der Waals surface area contributed by atoms with Crippen LogP contribution in [0.3, 0.4) is 0 Å². The fraction of sp³-hybridized carbons (Fsp3) is 0.556. The van der Waals surface area contributed by atoms with E-state index in [0.29, 0.717) is 5.56 Å². The highest BCUT2D eigenvalue weighted by molar-refractivity contribution is 5.95. The van der Waals surface area contributed by atoms with E-state index in [1.165, 1.54) is 6.20 Å². The maximum absolute atomic E-state index is 12.6. The normalized spacial score (nSPS) is 32.4.